The van der Waals surface area contributed by atoms with Crippen LogP contribution in [0.3, 0.4) is 0 Å². The maximum absolute atomic E-state index is 4.83. The Labute approximate surface area is 1050 Å². The monoisotopic (exact) mass is 3900 g/mol. The van der Waals surface area contributed by atoms with E-state index in [4.69, 9.17) is 22.4 Å². The van der Waals surface area contributed by atoms with Gasteiger partial charge in [0.05, 0.1) is 0 Å². The molecule has 0 rings (SSSR count). The van der Waals surface area contributed by atoms with Crippen LogP contribution in [-0.4, -0.2) is 0 Å². The van der Waals surface area contributed by atoms with Gasteiger partial charge >= 0.3 is 0 Å². The van der Waals surface area contributed by atoms with Crippen molar-refractivity contribution in [3.63, 3.8) is 0 Å². The lowest BCUT2D eigenvalue weighted by Crippen LogP contribution is -1.42. The minimum absolute atomic E-state index is 1.37. The predicted molar refractivity (Wildman–Crippen MR) is 899 cm³/mol. The molecule has 0 radical (unpaired) electrons. The Morgan fingerprint density at radius 1 is 0.0410 bits per heavy atom. The fourth-order valence-electron chi connectivity index (χ4n) is 1.34. The average Bonchev–Trinajstić information content (AvgIpc) is 1.30. The summed E-state index contributed by atoms with van der Waals surface area (Å²) < 4.78 is 0. The first kappa shape index (κ1) is 149. The molecule has 732 valence electrons. The summed E-state index contributed by atoms with van der Waals surface area (Å²) in [5.41, 5.74) is 0. The summed E-state index contributed by atoms with van der Waals surface area (Å²) in [6, 6.07) is 0. The lowest BCUT2D eigenvalue weighted by atomic mass is 30.7. The number of hydrogen-bond donors (Lipinski definition) is 0. The van der Waals surface area contributed by atoms with Gasteiger partial charge in [-0.1, -0.05) is 0 Å². The summed E-state index contributed by atoms with van der Waals surface area (Å²) in [6.45, 7) is 0. The second-order valence-corrected chi connectivity index (χ2v) is 220. The molecule has 0 atom stereocenters. The van der Waals surface area contributed by atoms with Crippen LogP contribution in [0.25, 0.3) is 0 Å². The van der Waals surface area contributed by atoms with E-state index in [0.29, 0.717) is 0 Å². The maximum atomic E-state index is 4.83. The van der Waals surface area contributed by atoms with Crippen LogP contribution < -0.4 is 0 Å². The van der Waals surface area contributed by atoms with E-state index in [2.05, 4.69) is 0 Å². The molecule has 0 heterocycles. The van der Waals surface area contributed by atoms with Crippen molar-refractivity contribution in [2.24, 2.45) is 0 Å². The molecule has 0 bridgehead atoms. The van der Waals surface area contributed by atoms with Crippen molar-refractivity contribution in [3.8, 4) is 0 Å². The molecular weight excluding hydrogens is 3910 g/mol. The van der Waals surface area contributed by atoms with Gasteiger partial charge in [0.25, 0.3) is 0 Å². The molecule has 0 nitrogen and oxygen atoms in total. The summed E-state index contributed by atoms with van der Waals surface area (Å²) >= 11 is 9.67. The Balaban J connectivity index is 6.20. The molecule has 0 aromatic rings. The minimum Gasteiger partial charge on any atom is 0 e. The van der Waals surface area contributed by atoms with E-state index in [1.54, 1.807) is 107 Å². The van der Waals surface area contributed by atoms with Gasteiger partial charge in [-0.15, -0.1) is 0 Å². The first-order valence-electron chi connectivity index (χ1n) is 20.2. The van der Waals surface area contributed by atoms with E-state index in [1.165, 1.54) is 17.8 Å². The number of rotatable bonds is 0. The van der Waals surface area contributed by atoms with Gasteiger partial charge in [0.2, 0.25) is 0 Å². The second-order valence-electron chi connectivity index (χ2n) is 8.16. The van der Waals surface area contributed by atoms with Gasteiger partial charge in [0.15, 0.2) is 0 Å². The predicted octanol–water partition coefficient (Wildman–Crippen LogP) is -0.293. The summed E-state index contributed by atoms with van der Waals surface area (Å²) in [6.07, 6.45) is 0. The van der Waals surface area contributed by atoms with Crippen LogP contribution in [0.2, 0.25) is 0 Å². The zero-order valence-electron chi connectivity index (χ0n) is 49.8. The third-order valence-electron chi connectivity index (χ3n) is 3.31. The van der Waals surface area contributed by atoms with Crippen LogP contribution in [0.15, 0.2) is 0 Å². The lowest BCUT2D eigenvalue weighted by molar-refractivity contribution is 5.95. The summed E-state index contributed by atoms with van der Waals surface area (Å²) in [5, 5.41) is 0. The van der Waals surface area contributed by atoms with Gasteiger partial charge in [-0.25, -0.2) is 0 Å². The zero-order chi connectivity index (χ0) is 86.9. The summed E-state index contributed by atoms with van der Waals surface area (Å²) in [7, 11) is 218. The smallest absolute Gasteiger partial charge is 0 e. The van der Waals surface area contributed by atoms with Crippen molar-refractivity contribution in [3.05, 3.63) is 0 Å². The van der Waals surface area contributed by atoms with Gasteiger partial charge in [0, 0.05) is 1090 Å². The Bertz CT molecular complexity index is 9150. The molecule has 0 N–H and O–H groups in total. The highest BCUT2D eigenvalue weighted by atomic mass is 33.6. The van der Waals surface area contributed by atoms with Crippen molar-refractivity contribution in [2.45, 2.75) is 0 Å². The molecule has 0 saturated carbocycles. The van der Waals surface area contributed by atoms with E-state index in [0.717, 1.165) is 0 Å². The Kier molecular flexibility index (Phi) is 180. The third kappa shape index (κ3) is 147. The highest BCUT2D eigenvalue weighted by molar-refractivity contribution is 8.89. The van der Waals surface area contributed by atoms with Crippen LogP contribution in [0.1, 0.15) is 0 Å². The summed E-state index contributed by atoms with van der Waals surface area (Å²) in [5.74, 6) is 0. The van der Waals surface area contributed by atoms with Crippen molar-refractivity contribution in [1.82, 2.24) is 0 Å². The van der Waals surface area contributed by atoms with Crippen molar-refractivity contribution >= 4 is 1090 Å². The molecule has 0 aliphatic carbocycles. The molecule has 0 saturated heterocycles. The Morgan fingerprint density at radius 2 is 0.0656 bits per heavy atom. The maximum Gasteiger partial charge on any atom is 0 e. The molecule has 0 unspecified atom stereocenters. The van der Waals surface area contributed by atoms with E-state index >= 15 is 0 Å². The van der Waals surface area contributed by atoms with E-state index in [9.17, 15) is 0 Å². The molecule has 0 fully saturated rings. The molecule has 0 aromatic heterocycles. The van der Waals surface area contributed by atoms with Crippen LogP contribution in [0, 0.1) is 0 Å². The minimum atomic E-state index is 1.37. The molecule has 0 spiro atoms. The Morgan fingerprint density at radius 3 is 0.0902 bits per heavy atom. The van der Waals surface area contributed by atoms with E-state index in [-0.39, 0.29) is 0 Å². The summed E-state index contributed by atoms with van der Waals surface area (Å²) in [4.78, 5) is 0. The fourth-order valence-corrected chi connectivity index (χ4v) is 325. The molecule has 0 aliphatic heterocycles. The van der Waals surface area contributed by atoms with Gasteiger partial charge in [-0.05, 0) is 0 Å². The lowest BCUT2D eigenvalue weighted by Gasteiger charge is -1.41. The first-order valence-corrected chi connectivity index (χ1v) is 181. The highest BCUT2D eigenvalue weighted by Crippen LogP contribution is 1.53. The van der Waals surface area contributed by atoms with Crippen molar-refractivity contribution < 1.29 is 0 Å². The molecule has 122 heteroatoms. The van der Waals surface area contributed by atoms with Gasteiger partial charge in [0.1, 0.15) is 0 Å². The SMILES string of the molecule is S=S=S=S=S=S=S=S=S=S=S=S=S=S=S=S=S=S=S=S=S=S=S=S=S=S=S=S=S=S=S=S=S=S=S=S=S=S=S=S=S=S=S=S=S=S=S=S=S=S=S=S=S=S=S=S=S=S=S=S=S=S=S=S=S=S=S=S=S=S=S=S=S=S=S=S=S=S=S=S=S=S=S=S=S=S=S=S=S=S=S=S=S=S=S=S=S=S=S=S=S=S=S=S=S=S=S=S=S=S=S=S=S=S=S=S=S=S=S=S=S=S. The average molecular weight is 3910 g/mol. The van der Waals surface area contributed by atoms with Gasteiger partial charge in [-0.2, -0.15) is 0 Å². The molecule has 0 aliphatic rings. The van der Waals surface area contributed by atoms with E-state index < -0.39 is 0 Å². The molecular formula is S122. The second kappa shape index (κ2) is 148. The third-order valence-corrected chi connectivity index (χ3v) is 268. The van der Waals surface area contributed by atoms with E-state index in [1.807, 2.05) is 941 Å². The standard InChI is InChI=1S/S122/c1-3-5-7-9-11-13-15-17-19-21-23-25-27-29-31-33-35-37-39-41-43-45-47-49-51-53-55-57-59-61-63-65-67-69-71-73-75-77-79-81-83-85-87-89-91-93-95-97-99-101-103-105-107-109-111-113-115-117-119-121-122-120-118-116-114-112-110-108-106-104-102-100-98-96-94-92-90-88-86-84-82-80-78-76-74-72-70-68-66-64-62-60-58-56-54-52-50-48-46-44-42-40-38-36-34-32-30-28-26-24-22-20-18-16-14-12-10-8-6-4-2. The van der Waals surface area contributed by atoms with Crippen LogP contribution in [0.4, 0.5) is 0 Å². The van der Waals surface area contributed by atoms with Gasteiger partial charge in [-0.3, -0.25) is 0 Å². The first-order chi connectivity index (χ1) is 60.9. The van der Waals surface area contributed by atoms with Crippen LogP contribution in [-0.2, 0) is 1090 Å². The van der Waals surface area contributed by atoms with Crippen molar-refractivity contribution in [1.29, 1.82) is 0 Å². The van der Waals surface area contributed by atoms with Crippen LogP contribution >= 0.6 is 0 Å². The topological polar surface area (TPSA) is 0 Å². The highest BCUT2D eigenvalue weighted by Gasteiger charge is 1.53. The zero-order valence-corrected chi connectivity index (χ0v) is 149. The molecule has 122 heavy (non-hydrogen) atoms. The van der Waals surface area contributed by atoms with Crippen LogP contribution in [0.5, 0.6) is 0 Å². The largest absolute Gasteiger partial charge is 0 e. The van der Waals surface area contributed by atoms with Gasteiger partial charge < -0.3 is 0 Å². The molecule has 0 amide bonds. The quantitative estimate of drug-likeness (QED) is 0.328. The molecule has 0 aromatic carbocycles. The Hall–Kier alpha value is 26.8. The number of hydrogen-bond acceptors (Lipinski definition) is 2. The van der Waals surface area contributed by atoms with Crippen molar-refractivity contribution in [2.75, 3.05) is 0 Å². The fraction of sp³-hybridized carbons (Fsp3) is 0. The normalized spacial score (nSPS) is 7.90.